The van der Waals surface area contributed by atoms with Crippen molar-refractivity contribution in [3.05, 3.63) is 64.2 Å². The Morgan fingerprint density at radius 3 is 2.48 bits per heavy atom. The topological polar surface area (TPSA) is 80.8 Å². The highest BCUT2D eigenvalue weighted by Crippen LogP contribution is 2.32. The Hall–Kier alpha value is -3.28. The van der Waals surface area contributed by atoms with Gasteiger partial charge in [-0.05, 0) is 68.5 Å². The molecule has 0 spiro atoms. The van der Waals surface area contributed by atoms with E-state index in [9.17, 15) is 19.2 Å². The number of hydrogen-bond donors (Lipinski definition) is 0. The van der Waals surface area contributed by atoms with Gasteiger partial charge in [0, 0.05) is 6.42 Å². The maximum absolute atomic E-state index is 13.0. The summed E-state index contributed by atoms with van der Waals surface area (Å²) in [5.74, 6) is -1.61. The summed E-state index contributed by atoms with van der Waals surface area (Å²) < 4.78 is 5.36. The number of nitrogens with zero attached hydrogens (tertiary/aromatic N) is 1. The van der Waals surface area contributed by atoms with Crippen LogP contribution >= 0.6 is 0 Å². The number of hydrogen-bond acceptors (Lipinski definition) is 5. The Morgan fingerprint density at radius 1 is 0.966 bits per heavy atom. The van der Waals surface area contributed by atoms with E-state index in [1.54, 1.807) is 6.07 Å². The molecule has 1 aliphatic heterocycles. The summed E-state index contributed by atoms with van der Waals surface area (Å²) >= 11 is 0. The summed E-state index contributed by atoms with van der Waals surface area (Å²) in [4.78, 5) is 51.4. The molecule has 2 aromatic carbocycles. The standard InChI is InChI=1S/C23H21NO5/c1-13-7-8-14(2)18(11-13)24-21(26)16-10-9-15(12-17(16)22(24)27)23(28)29-20-6-4-3-5-19(20)25/h7-12,20H,3-6H2,1-2H3. The first-order chi connectivity index (χ1) is 13.9. The zero-order valence-corrected chi connectivity index (χ0v) is 16.4. The monoisotopic (exact) mass is 391 g/mol. The fraction of sp³-hybridized carbons (Fsp3) is 0.304. The molecule has 0 aromatic heterocycles. The van der Waals surface area contributed by atoms with Crippen LogP contribution in [0.2, 0.25) is 0 Å². The third kappa shape index (κ3) is 3.35. The third-order valence-electron chi connectivity index (χ3n) is 5.48. The lowest BCUT2D eigenvalue weighted by Gasteiger charge is -2.20. The highest BCUT2D eigenvalue weighted by atomic mass is 16.5. The molecule has 0 radical (unpaired) electrons. The number of anilines is 1. The van der Waals surface area contributed by atoms with Gasteiger partial charge in [-0.3, -0.25) is 14.4 Å². The number of fused-ring (bicyclic) bond motifs is 1. The van der Waals surface area contributed by atoms with Crippen LogP contribution in [0.1, 0.15) is 67.9 Å². The van der Waals surface area contributed by atoms with E-state index in [2.05, 4.69) is 0 Å². The summed E-state index contributed by atoms with van der Waals surface area (Å²) in [6.07, 6.45) is 1.86. The number of ketones is 1. The van der Waals surface area contributed by atoms with E-state index in [4.69, 9.17) is 4.74 Å². The van der Waals surface area contributed by atoms with Crippen LogP contribution in [0.25, 0.3) is 0 Å². The molecule has 2 aromatic rings. The lowest BCUT2D eigenvalue weighted by Crippen LogP contribution is -2.30. The van der Waals surface area contributed by atoms with Crippen molar-refractivity contribution >= 4 is 29.3 Å². The van der Waals surface area contributed by atoms with Crippen molar-refractivity contribution in [1.29, 1.82) is 0 Å². The van der Waals surface area contributed by atoms with E-state index in [0.717, 1.165) is 28.9 Å². The Balaban J connectivity index is 1.62. The fourth-order valence-electron chi connectivity index (χ4n) is 3.82. The smallest absolute Gasteiger partial charge is 0.338 e. The quantitative estimate of drug-likeness (QED) is 0.588. The van der Waals surface area contributed by atoms with Gasteiger partial charge < -0.3 is 4.74 Å². The number of carbonyl (C=O) groups is 4. The lowest BCUT2D eigenvalue weighted by atomic mass is 9.96. The van der Waals surface area contributed by atoms with Gasteiger partial charge in [0.05, 0.1) is 22.4 Å². The number of Topliss-reactive ketones (excluding diaryl/α,β-unsaturated/α-hetero) is 1. The number of imide groups is 1. The van der Waals surface area contributed by atoms with Crippen LogP contribution in [0.3, 0.4) is 0 Å². The molecule has 2 amide bonds. The Kier molecular flexibility index (Phi) is 4.78. The van der Waals surface area contributed by atoms with Gasteiger partial charge in [0.15, 0.2) is 11.9 Å². The second-order valence-corrected chi connectivity index (χ2v) is 7.60. The van der Waals surface area contributed by atoms with Crippen molar-refractivity contribution in [2.75, 3.05) is 4.90 Å². The van der Waals surface area contributed by atoms with Crippen molar-refractivity contribution in [3.8, 4) is 0 Å². The van der Waals surface area contributed by atoms with E-state index >= 15 is 0 Å². The van der Waals surface area contributed by atoms with Crippen LogP contribution in [0.5, 0.6) is 0 Å². The van der Waals surface area contributed by atoms with Gasteiger partial charge in [-0.25, -0.2) is 9.69 Å². The number of ether oxygens (including phenoxy) is 1. The largest absolute Gasteiger partial charge is 0.451 e. The van der Waals surface area contributed by atoms with Crippen LogP contribution in [-0.2, 0) is 9.53 Å². The van der Waals surface area contributed by atoms with Crippen LogP contribution in [0.15, 0.2) is 36.4 Å². The summed E-state index contributed by atoms with van der Waals surface area (Å²) in [6.45, 7) is 3.73. The minimum absolute atomic E-state index is 0.0712. The average Bonchev–Trinajstić information content (AvgIpc) is 2.95. The molecule has 2 aliphatic rings. The van der Waals surface area contributed by atoms with Gasteiger partial charge in [-0.2, -0.15) is 0 Å². The first kappa shape index (κ1) is 19.1. The summed E-state index contributed by atoms with van der Waals surface area (Å²) in [6, 6.07) is 9.89. The highest BCUT2D eigenvalue weighted by molar-refractivity contribution is 6.35. The number of rotatable bonds is 3. The van der Waals surface area contributed by atoms with E-state index < -0.39 is 23.9 Å². The van der Waals surface area contributed by atoms with Crippen molar-refractivity contribution in [3.63, 3.8) is 0 Å². The zero-order chi connectivity index (χ0) is 20.7. The third-order valence-corrected chi connectivity index (χ3v) is 5.48. The molecule has 0 bridgehead atoms. The molecule has 1 heterocycles. The average molecular weight is 391 g/mol. The molecule has 6 heteroatoms. The molecular weight excluding hydrogens is 370 g/mol. The van der Waals surface area contributed by atoms with Gasteiger partial charge in [0.2, 0.25) is 0 Å². The SMILES string of the molecule is Cc1ccc(C)c(N2C(=O)c3ccc(C(=O)OC4CCCCC4=O)cc3C2=O)c1. The molecule has 4 rings (SSSR count). The van der Waals surface area contributed by atoms with Gasteiger partial charge >= 0.3 is 5.97 Å². The molecule has 1 saturated carbocycles. The van der Waals surface area contributed by atoms with Gasteiger partial charge in [-0.15, -0.1) is 0 Å². The van der Waals surface area contributed by atoms with Crippen LogP contribution in [-0.4, -0.2) is 29.7 Å². The van der Waals surface area contributed by atoms with E-state index in [1.165, 1.54) is 18.2 Å². The minimum atomic E-state index is -0.728. The molecule has 1 atom stereocenters. The molecule has 0 saturated heterocycles. The number of benzene rings is 2. The summed E-state index contributed by atoms with van der Waals surface area (Å²) in [5, 5.41) is 0. The van der Waals surface area contributed by atoms with Gasteiger partial charge in [0.25, 0.3) is 11.8 Å². The summed E-state index contributed by atoms with van der Waals surface area (Å²) in [7, 11) is 0. The normalized spacial score (nSPS) is 18.8. The molecule has 1 fully saturated rings. The number of esters is 1. The second kappa shape index (κ2) is 7.28. The molecule has 148 valence electrons. The molecule has 0 N–H and O–H groups in total. The maximum atomic E-state index is 13.0. The Labute approximate surface area is 168 Å². The van der Waals surface area contributed by atoms with Crippen LogP contribution in [0.4, 0.5) is 5.69 Å². The van der Waals surface area contributed by atoms with Crippen molar-refractivity contribution in [1.82, 2.24) is 0 Å². The number of amides is 2. The molecule has 29 heavy (non-hydrogen) atoms. The Morgan fingerprint density at radius 2 is 1.72 bits per heavy atom. The van der Waals surface area contributed by atoms with E-state index in [1.807, 2.05) is 26.0 Å². The molecular formula is C23H21NO5. The van der Waals surface area contributed by atoms with Gasteiger partial charge in [-0.1, -0.05) is 12.1 Å². The zero-order valence-electron chi connectivity index (χ0n) is 16.4. The van der Waals surface area contributed by atoms with Crippen LogP contribution < -0.4 is 4.90 Å². The lowest BCUT2D eigenvalue weighted by molar-refractivity contribution is -0.129. The maximum Gasteiger partial charge on any atom is 0.338 e. The van der Waals surface area contributed by atoms with Crippen molar-refractivity contribution in [2.24, 2.45) is 0 Å². The van der Waals surface area contributed by atoms with Crippen LogP contribution in [0, 0.1) is 13.8 Å². The summed E-state index contributed by atoms with van der Waals surface area (Å²) in [5.41, 5.74) is 2.85. The Bertz CT molecular complexity index is 1060. The first-order valence-corrected chi connectivity index (χ1v) is 9.70. The molecule has 1 aliphatic carbocycles. The first-order valence-electron chi connectivity index (χ1n) is 9.70. The van der Waals surface area contributed by atoms with E-state index in [-0.39, 0.29) is 22.5 Å². The highest BCUT2D eigenvalue weighted by Gasteiger charge is 2.38. The minimum Gasteiger partial charge on any atom is -0.451 e. The number of carbonyl (C=O) groups excluding carboxylic acids is 4. The number of aryl methyl sites for hydroxylation is 2. The molecule has 6 nitrogen and oxygen atoms in total. The fourth-order valence-corrected chi connectivity index (χ4v) is 3.82. The van der Waals surface area contributed by atoms with Crippen molar-refractivity contribution < 1.29 is 23.9 Å². The predicted molar refractivity (Wildman–Crippen MR) is 106 cm³/mol. The van der Waals surface area contributed by atoms with Crippen molar-refractivity contribution in [2.45, 2.75) is 45.6 Å². The van der Waals surface area contributed by atoms with E-state index in [0.29, 0.717) is 18.5 Å². The van der Waals surface area contributed by atoms with Gasteiger partial charge in [0.1, 0.15) is 0 Å². The predicted octanol–water partition coefficient (Wildman–Crippen LogP) is 3.77. The molecule has 1 unspecified atom stereocenters. The second-order valence-electron chi connectivity index (χ2n) is 7.60.